The van der Waals surface area contributed by atoms with Gasteiger partial charge in [0.05, 0.1) is 18.8 Å². The van der Waals surface area contributed by atoms with Gasteiger partial charge in [0.25, 0.3) is 5.91 Å². The predicted octanol–water partition coefficient (Wildman–Crippen LogP) is -0.0364. The van der Waals surface area contributed by atoms with E-state index in [0.29, 0.717) is 18.8 Å². The molecule has 0 bridgehead atoms. The van der Waals surface area contributed by atoms with E-state index < -0.39 is 0 Å². The normalized spacial score (nSPS) is 20.0. The van der Waals surface area contributed by atoms with Crippen molar-refractivity contribution in [1.82, 2.24) is 15.2 Å². The molecule has 6 nitrogen and oxygen atoms in total. The van der Waals surface area contributed by atoms with Crippen molar-refractivity contribution in [3.8, 4) is 0 Å². The number of ether oxygens (including phenoxy) is 1. The van der Waals surface area contributed by atoms with E-state index in [1.807, 2.05) is 17.0 Å². The molecule has 1 aromatic rings. The molecule has 2 fully saturated rings. The van der Waals surface area contributed by atoms with Gasteiger partial charge in [0.2, 0.25) is 0 Å². The molecule has 0 aliphatic carbocycles. The predicted molar refractivity (Wildman–Crippen MR) is 76.0 cm³/mol. The molecule has 0 aromatic carbocycles. The number of rotatable bonds is 2. The van der Waals surface area contributed by atoms with Crippen LogP contribution >= 0.6 is 0 Å². The highest BCUT2D eigenvalue weighted by Gasteiger charge is 2.24. The summed E-state index contributed by atoms with van der Waals surface area (Å²) in [4.78, 5) is 21.1. The molecule has 0 spiro atoms. The molecule has 0 saturated carbocycles. The van der Waals surface area contributed by atoms with Gasteiger partial charge in [-0.2, -0.15) is 0 Å². The van der Waals surface area contributed by atoms with Gasteiger partial charge in [-0.05, 0) is 12.1 Å². The number of hydrogen-bond donors (Lipinski definition) is 1. The Hall–Kier alpha value is -1.66. The Labute approximate surface area is 118 Å². The number of carbonyl (C=O) groups excluding carboxylic acids is 1. The number of anilines is 1. The molecule has 1 N–H and O–H groups in total. The molecule has 0 atom stereocenters. The van der Waals surface area contributed by atoms with Crippen LogP contribution in [0.5, 0.6) is 0 Å². The SMILES string of the molecule is O=C(c1cccnc1N1CCOCC1)N1CCNCC1. The summed E-state index contributed by atoms with van der Waals surface area (Å²) >= 11 is 0. The number of piperazine rings is 1. The second-order valence-electron chi connectivity index (χ2n) is 5.02. The van der Waals surface area contributed by atoms with Crippen molar-refractivity contribution in [3.63, 3.8) is 0 Å². The van der Waals surface area contributed by atoms with E-state index in [-0.39, 0.29) is 5.91 Å². The van der Waals surface area contributed by atoms with E-state index in [1.54, 1.807) is 6.20 Å². The lowest BCUT2D eigenvalue weighted by molar-refractivity contribution is 0.0734. The summed E-state index contributed by atoms with van der Waals surface area (Å²) in [5.74, 6) is 0.875. The number of hydrogen-bond acceptors (Lipinski definition) is 5. The lowest BCUT2D eigenvalue weighted by Crippen LogP contribution is -2.47. The maximum atomic E-state index is 12.7. The van der Waals surface area contributed by atoms with E-state index >= 15 is 0 Å². The molecule has 20 heavy (non-hydrogen) atoms. The second kappa shape index (κ2) is 6.19. The van der Waals surface area contributed by atoms with E-state index in [9.17, 15) is 4.79 Å². The van der Waals surface area contributed by atoms with Gasteiger partial charge in [-0.15, -0.1) is 0 Å². The van der Waals surface area contributed by atoms with Crippen molar-refractivity contribution >= 4 is 11.7 Å². The summed E-state index contributed by atoms with van der Waals surface area (Å²) in [6.45, 7) is 6.21. The number of amides is 1. The van der Waals surface area contributed by atoms with Gasteiger partial charge in [0, 0.05) is 45.5 Å². The third-order valence-electron chi connectivity index (χ3n) is 3.73. The first-order chi connectivity index (χ1) is 9.86. The lowest BCUT2D eigenvalue weighted by Gasteiger charge is -2.31. The summed E-state index contributed by atoms with van der Waals surface area (Å²) in [6, 6.07) is 3.71. The van der Waals surface area contributed by atoms with Gasteiger partial charge in [-0.1, -0.05) is 0 Å². The first-order valence-electron chi connectivity index (χ1n) is 7.14. The average Bonchev–Trinajstić information content (AvgIpc) is 2.56. The van der Waals surface area contributed by atoms with E-state index in [1.165, 1.54) is 0 Å². The molecule has 6 heteroatoms. The first-order valence-corrected chi connectivity index (χ1v) is 7.14. The van der Waals surface area contributed by atoms with Crippen molar-refractivity contribution in [2.75, 3.05) is 57.4 Å². The van der Waals surface area contributed by atoms with E-state index in [2.05, 4.69) is 15.2 Å². The molecule has 2 saturated heterocycles. The molecule has 2 aliphatic heterocycles. The number of nitrogens with one attached hydrogen (secondary N) is 1. The van der Waals surface area contributed by atoms with Crippen LogP contribution in [-0.4, -0.2) is 68.3 Å². The molecule has 3 rings (SSSR count). The van der Waals surface area contributed by atoms with Crippen LogP contribution in [0.15, 0.2) is 18.3 Å². The molecular weight excluding hydrogens is 256 g/mol. The molecule has 0 unspecified atom stereocenters. The molecule has 108 valence electrons. The summed E-state index contributed by atoms with van der Waals surface area (Å²) in [5, 5.41) is 3.26. The molecule has 3 heterocycles. The van der Waals surface area contributed by atoms with Crippen LogP contribution in [0.2, 0.25) is 0 Å². The fourth-order valence-corrected chi connectivity index (χ4v) is 2.63. The quantitative estimate of drug-likeness (QED) is 0.821. The van der Waals surface area contributed by atoms with E-state index in [0.717, 1.165) is 45.1 Å². The summed E-state index contributed by atoms with van der Waals surface area (Å²) in [6.07, 6.45) is 1.75. The van der Waals surface area contributed by atoms with Crippen molar-refractivity contribution in [2.24, 2.45) is 0 Å². The largest absolute Gasteiger partial charge is 0.378 e. The van der Waals surface area contributed by atoms with Gasteiger partial charge in [-0.25, -0.2) is 4.98 Å². The number of nitrogens with zero attached hydrogens (tertiary/aromatic N) is 3. The Morgan fingerprint density at radius 2 is 1.95 bits per heavy atom. The summed E-state index contributed by atoms with van der Waals surface area (Å²) in [7, 11) is 0. The van der Waals surface area contributed by atoms with Crippen LogP contribution in [0.3, 0.4) is 0 Å². The van der Waals surface area contributed by atoms with Crippen LogP contribution in [0.25, 0.3) is 0 Å². The third kappa shape index (κ3) is 2.76. The van der Waals surface area contributed by atoms with Crippen molar-refractivity contribution < 1.29 is 9.53 Å². The molecule has 0 radical (unpaired) electrons. The van der Waals surface area contributed by atoms with Gasteiger partial charge < -0.3 is 19.9 Å². The Kier molecular flexibility index (Phi) is 4.13. The van der Waals surface area contributed by atoms with Crippen molar-refractivity contribution in [3.05, 3.63) is 23.9 Å². The number of morpholine rings is 1. The topological polar surface area (TPSA) is 57.7 Å². The highest BCUT2D eigenvalue weighted by Crippen LogP contribution is 2.20. The third-order valence-corrected chi connectivity index (χ3v) is 3.73. The van der Waals surface area contributed by atoms with Gasteiger partial charge in [0.1, 0.15) is 5.82 Å². The molecular formula is C14H20N4O2. The minimum absolute atomic E-state index is 0.0843. The summed E-state index contributed by atoms with van der Waals surface area (Å²) in [5.41, 5.74) is 0.705. The Balaban J connectivity index is 1.82. The number of aromatic nitrogens is 1. The van der Waals surface area contributed by atoms with Gasteiger partial charge >= 0.3 is 0 Å². The highest BCUT2D eigenvalue weighted by atomic mass is 16.5. The zero-order valence-corrected chi connectivity index (χ0v) is 11.5. The minimum Gasteiger partial charge on any atom is -0.378 e. The standard InChI is InChI=1S/C14H20N4O2/c19-14(18-6-4-15-5-7-18)12-2-1-3-16-13(12)17-8-10-20-11-9-17/h1-3,15H,4-11H2. The maximum Gasteiger partial charge on any atom is 0.257 e. The summed E-state index contributed by atoms with van der Waals surface area (Å²) < 4.78 is 5.36. The highest BCUT2D eigenvalue weighted by molar-refractivity contribution is 5.99. The Morgan fingerprint density at radius 3 is 2.70 bits per heavy atom. The van der Waals surface area contributed by atoms with Crippen LogP contribution < -0.4 is 10.2 Å². The average molecular weight is 276 g/mol. The molecule has 2 aliphatic rings. The van der Waals surface area contributed by atoms with Crippen molar-refractivity contribution in [2.45, 2.75) is 0 Å². The van der Waals surface area contributed by atoms with Gasteiger partial charge in [0.15, 0.2) is 0 Å². The van der Waals surface area contributed by atoms with E-state index in [4.69, 9.17) is 4.74 Å². The van der Waals surface area contributed by atoms with Gasteiger partial charge in [-0.3, -0.25) is 4.79 Å². The Bertz CT molecular complexity index is 468. The zero-order chi connectivity index (χ0) is 13.8. The fourth-order valence-electron chi connectivity index (χ4n) is 2.63. The first kappa shape index (κ1) is 13.3. The van der Waals surface area contributed by atoms with Crippen LogP contribution in [0, 0.1) is 0 Å². The smallest absolute Gasteiger partial charge is 0.257 e. The maximum absolute atomic E-state index is 12.7. The number of carbonyl (C=O) groups is 1. The van der Waals surface area contributed by atoms with Crippen LogP contribution in [-0.2, 0) is 4.74 Å². The van der Waals surface area contributed by atoms with Crippen LogP contribution in [0.1, 0.15) is 10.4 Å². The number of pyridine rings is 1. The van der Waals surface area contributed by atoms with Crippen LogP contribution in [0.4, 0.5) is 5.82 Å². The monoisotopic (exact) mass is 276 g/mol. The minimum atomic E-state index is 0.0843. The Morgan fingerprint density at radius 1 is 1.20 bits per heavy atom. The van der Waals surface area contributed by atoms with Crippen molar-refractivity contribution in [1.29, 1.82) is 0 Å². The zero-order valence-electron chi connectivity index (χ0n) is 11.5. The second-order valence-corrected chi connectivity index (χ2v) is 5.02. The fraction of sp³-hybridized carbons (Fsp3) is 0.571. The molecule has 1 amide bonds. The molecule has 1 aromatic heterocycles. The lowest BCUT2D eigenvalue weighted by atomic mass is 10.2.